The predicted octanol–water partition coefficient (Wildman–Crippen LogP) is 6.12. The fraction of sp³-hybridized carbons (Fsp3) is 0.444. The van der Waals surface area contributed by atoms with Gasteiger partial charge in [-0.25, -0.2) is 17.6 Å². The van der Waals surface area contributed by atoms with Crippen molar-refractivity contribution in [2.75, 3.05) is 6.61 Å². The molecule has 0 heterocycles. The van der Waals surface area contributed by atoms with Gasteiger partial charge in [0.2, 0.25) is 0 Å². The molecule has 2 aromatic carbocycles. The van der Waals surface area contributed by atoms with Gasteiger partial charge in [-0.05, 0) is 81.8 Å². The Morgan fingerprint density at radius 3 is 1.97 bits per heavy atom. The van der Waals surface area contributed by atoms with Crippen molar-refractivity contribution in [3.63, 3.8) is 0 Å². The lowest BCUT2D eigenvalue weighted by atomic mass is 9.75. The first kappa shape index (κ1) is 28.5. The molecule has 0 bridgehead atoms. The van der Waals surface area contributed by atoms with Crippen molar-refractivity contribution >= 4 is 5.97 Å². The Morgan fingerprint density at radius 2 is 1.49 bits per heavy atom. The number of aliphatic hydroxyl groups is 2. The van der Waals surface area contributed by atoms with Gasteiger partial charge in [-0.3, -0.25) is 4.79 Å². The smallest absolute Gasteiger partial charge is 0.311 e. The maximum Gasteiger partial charge on any atom is 0.311 e. The van der Waals surface area contributed by atoms with Gasteiger partial charge in [0.05, 0.1) is 23.7 Å². The fourth-order valence-corrected chi connectivity index (χ4v) is 3.87. The lowest BCUT2D eigenvalue weighted by molar-refractivity contribution is -0.153. The van der Waals surface area contributed by atoms with Gasteiger partial charge in [-0.1, -0.05) is 6.08 Å². The van der Waals surface area contributed by atoms with E-state index in [1.165, 1.54) is 6.08 Å². The number of aliphatic hydroxyl groups excluding tert-OH is 1. The first-order valence-corrected chi connectivity index (χ1v) is 11.4. The molecule has 2 rings (SSSR count). The van der Waals surface area contributed by atoms with Gasteiger partial charge < -0.3 is 14.9 Å². The second kappa shape index (κ2) is 11.8. The molecule has 0 saturated heterocycles. The minimum absolute atomic E-state index is 0.0282. The summed E-state index contributed by atoms with van der Waals surface area (Å²) in [6.07, 6.45) is 0.302. The van der Waals surface area contributed by atoms with Crippen LogP contribution < -0.4 is 0 Å². The second-order valence-electron chi connectivity index (χ2n) is 9.71. The Balaban J connectivity index is 2.25. The molecule has 0 amide bonds. The second-order valence-corrected chi connectivity index (χ2v) is 9.71. The van der Waals surface area contributed by atoms with Crippen LogP contribution in [0.2, 0.25) is 0 Å². The Hall–Kier alpha value is -2.71. The van der Waals surface area contributed by atoms with E-state index in [9.17, 15) is 32.6 Å². The van der Waals surface area contributed by atoms with Crippen LogP contribution in [0.25, 0.3) is 0 Å². The molecule has 0 aliphatic carbocycles. The lowest BCUT2D eigenvalue weighted by Gasteiger charge is -2.36. The highest BCUT2D eigenvalue weighted by molar-refractivity contribution is 5.75. The zero-order chi connectivity index (χ0) is 26.4. The molecule has 0 aliphatic rings. The number of hydrogen-bond acceptors (Lipinski definition) is 4. The van der Waals surface area contributed by atoms with Crippen molar-refractivity contribution in [2.45, 2.75) is 58.2 Å². The third-order valence-corrected chi connectivity index (χ3v) is 5.83. The van der Waals surface area contributed by atoms with E-state index in [0.717, 1.165) is 24.3 Å². The maximum atomic E-state index is 14.0. The Morgan fingerprint density at radius 1 is 0.971 bits per heavy atom. The number of carbonyl (C=O) groups is 1. The minimum Gasteiger partial charge on any atom is -0.465 e. The van der Waals surface area contributed by atoms with Gasteiger partial charge in [0.25, 0.3) is 0 Å². The van der Waals surface area contributed by atoms with E-state index >= 15 is 0 Å². The van der Waals surface area contributed by atoms with E-state index in [1.54, 1.807) is 20.8 Å². The van der Waals surface area contributed by atoms with Crippen LogP contribution in [0.4, 0.5) is 17.6 Å². The molecule has 0 spiro atoms. The summed E-state index contributed by atoms with van der Waals surface area (Å²) in [5.41, 5.74) is -2.64. The highest BCUT2D eigenvalue weighted by Gasteiger charge is 2.38. The van der Waals surface area contributed by atoms with Crippen molar-refractivity contribution in [3.8, 4) is 0 Å². The molecule has 2 N–H and O–H groups in total. The van der Waals surface area contributed by atoms with Crippen molar-refractivity contribution < 1.29 is 37.3 Å². The average Bonchev–Trinajstić information content (AvgIpc) is 2.75. The summed E-state index contributed by atoms with van der Waals surface area (Å²) in [7, 11) is 0. The van der Waals surface area contributed by atoms with Gasteiger partial charge >= 0.3 is 5.97 Å². The molecular formula is C27H32F4O4. The number of esters is 1. The fourth-order valence-electron chi connectivity index (χ4n) is 3.87. The topological polar surface area (TPSA) is 66.8 Å². The lowest BCUT2D eigenvalue weighted by Crippen LogP contribution is -2.35. The normalized spacial score (nSPS) is 15.2. The minimum atomic E-state index is -1.87. The van der Waals surface area contributed by atoms with Crippen molar-refractivity contribution in [2.24, 2.45) is 11.3 Å². The summed E-state index contributed by atoms with van der Waals surface area (Å²) in [5.74, 6) is -4.65. The van der Waals surface area contributed by atoms with Crippen LogP contribution in [0.1, 0.15) is 63.7 Å². The zero-order valence-corrected chi connectivity index (χ0v) is 20.2. The van der Waals surface area contributed by atoms with Gasteiger partial charge in [0.15, 0.2) is 0 Å². The molecule has 3 atom stereocenters. The predicted molar refractivity (Wildman–Crippen MR) is 124 cm³/mol. The number of ether oxygens (including phenoxy) is 1. The Labute approximate surface area is 203 Å². The van der Waals surface area contributed by atoms with Crippen LogP contribution in [0, 0.1) is 34.6 Å². The maximum absolute atomic E-state index is 14.0. The summed E-state index contributed by atoms with van der Waals surface area (Å²) in [4.78, 5) is 12.0. The number of carbonyl (C=O) groups excluding carboxylic acids is 1. The molecule has 0 fully saturated rings. The summed E-state index contributed by atoms with van der Waals surface area (Å²) in [6, 6.07) is 5.28. The van der Waals surface area contributed by atoms with E-state index in [0.29, 0.717) is 18.6 Å². The highest BCUT2D eigenvalue weighted by atomic mass is 19.1. The Bertz CT molecular complexity index is 994. The van der Waals surface area contributed by atoms with E-state index in [-0.39, 0.29) is 43.0 Å². The zero-order valence-electron chi connectivity index (χ0n) is 20.2. The van der Waals surface area contributed by atoms with Gasteiger partial charge in [-0.2, -0.15) is 0 Å². The van der Waals surface area contributed by atoms with E-state index in [1.807, 2.05) is 0 Å². The van der Waals surface area contributed by atoms with E-state index in [2.05, 4.69) is 6.58 Å². The molecule has 4 nitrogen and oxygen atoms in total. The molecule has 0 unspecified atom stereocenters. The van der Waals surface area contributed by atoms with Crippen molar-refractivity contribution in [1.82, 2.24) is 0 Å². The number of rotatable bonds is 11. The van der Waals surface area contributed by atoms with E-state index in [4.69, 9.17) is 4.74 Å². The SMILES string of the molecule is C=C[C@H](CCCOC(=O)C(C)(C)C)[C@@](O)(CC[C@@H](O)c1cc(F)cc(F)c1)c1cc(F)cc(F)c1. The highest BCUT2D eigenvalue weighted by Crippen LogP contribution is 2.40. The molecule has 2 aromatic rings. The monoisotopic (exact) mass is 496 g/mol. The summed E-state index contributed by atoms with van der Waals surface area (Å²) >= 11 is 0. The molecular weight excluding hydrogens is 464 g/mol. The molecule has 0 aliphatic heterocycles. The van der Waals surface area contributed by atoms with Crippen LogP contribution in [-0.4, -0.2) is 22.8 Å². The molecule has 35 heavy (non-hydrogen) atoms. The van der Waals surface area contributed by atoms with E-state index < -0.39 is 46.3 Å². The summed E-state index contributed by atoms with van der Waals surface area (Å²) < 4.78 is 60.4. The molecule has 0 aromatic heterocycles. The van der Waals surface area contributed by atoms with Crippen LogP contribution in [0.15, 0.2) is 49.1 Å². The number of benzene rings is 2. The largest absolute Gasteiger partial charge is 0.465 e. The van der Waals surface area contributed by atoms with Crippen LogP contribution >= 0.6 is 0 Å². The van der Waals surface area contributed by atoms with Gasteiger partial charge in [0, 0.05) is 18.1 Å². The third-order valence-electron chi connectivity index (χ3n) is 5.83. The van der Waals surface area contributed by atoms with Crippen molar-refractivity contribution in [3.05, 3.63) is 83.4 Å². The summed E-state index contributed by atoms with van der Waals surface area (Å²) in [5, 5.41) is 22.2. The van der Waals surface area contributed by atoms with Gasteiger partial charge in [0.1, 0.15) is 23.3 Å². The Kier molecular flexibility index (Phi) is 9.63. The number of hydrogen-bond donors (Lipinski definition) is 2. The van der Waals surface area contributed by atoms with Crippen LogP contribution in [0.5, 0.6) is 0 Å². The molecule has 8 heteroatoms. The first-order valence-electron chi connectivity index (χ1n) is 11.4. The summed E-state index contributed by atoms with van der Waals surface area (Å²) in [6.45, 7) is 8.96. The number of halogens is 4. The average molecular weight is 497 g/mol. The van der Waals surface area contributed by atoms with Crippen LogP contribution in [-0.2, 0) is 15.1 Å². The third kappa shape index (κ3) is 7.90. The standard InChI is InChI=1S/C27H32F4O4/c1-5-18(7-6-10-35-25(33)26(2,3)4)27(34,19-13-22(30)16-23(31)14-19)9-8-24(32)17-11-20(28)15-21(29)12-17/h5,11-16,18,24,32,34H,1,6-10H2,2-4H3/t18-,24-,27+/m1/s1. The van der Waals surface area contributed by atoms with Crippen LogP contribution in [0.3, 0.4) is 0 Å². The quantitative estimate of drug-likeness (QED) is 0.170. The first-order chi connectivity index (χ1) is 16.3. The molecule has 0 radical (unpaired) electrons. The van der Waals surface area contributed by atoms with Crippen molar-refractivity contribution in [1.29, 1.82) is 0 Å². The molecule has 0 saturated carbocycles. The van der Waals surface area contributed by atoms with Gasteiger partial charge in [-0.15, -0.1) is 6.58 Å². The molecule has 192 valence electrons.